The molecule has 1 fully saturated rings. The van der Waals surface area contributed by atoms with Crippen LogP contribution in [-0.4, -0.2) is 9.55 Å². The lowest BCUT2D eigenvalue weighted by molar-refractivity contribution is 0.227. The maximum atomic E-state index is 5.99. The zero-order valence-corrected chi connectivity index (χ0v) is 10.4. The predicted molar refractivity (Wildman–Crippen MR) is 66.1 cm³/mol. The van der Waals surface area contributed by atoms with Gasteiger partial charge in [-0.05, 0) is 25.7 Å². The Morgan fingerprint density at radius 3 is 2.94 bits per heavy atom. The Balaban J connectivity index is 2.23. The van der Waals surface area contributed by atoms with Gasteiger partial charge in [-0.1, -0.05) is 26.2 Å². The van der Waals surface area contributed by atoms with Gasteiger partial charge in [0, 0.05) is 18.3 Å². The second-order valence-electron chi connectivity index (χ2n) is 5.03. The van der Waals surface area contributed by atoms with Crippen LogP contribution in [0.4, 0.5) is 0 Å². The standard InChI is InChI=1S/C13H23N3/c1-3-11-6-4-5-7-12(11)16-9-15-8-13(16)10(2)14/h8-12H,3-7,14H2,1-2H3/t10-,11?,12?/m0/s1. The molecule has 2 rings (SSSR count). The predicted octanol–water partition coefficient (Wildman–Crippen LogP) is 3.04. The lowest BCUT2D eigenvalue weighted by atomic mass is 9.82. The van der Waals surface area contributed by atoms with Crippen LogP contribution in [0.15, 0.2) is 12.5 Å². The van der Waals surface area contributed by atoms with E-state index in [2.05, 4.69) is 16.5 Å². The van der Waals surface area contributed by atoms with Gasteiger partial charge in [0.05, 0.1) is 12.0 Å². The van der Waals surface area contributed by atoms with Gasteiger partial charge in [-0.2, -0.15) is 0 Å². The molecule has 16 heavy (non-hydrogen) atoms. The first kappa shape index (κ1) is 11.6. The molecular formula is C13H23N3. The maximum Gasteiger partial charge on any atom is 0.0951 e. The van der Waals surface area contributed by atoms with E-state index < -0.39 is 0 Å². The van der Waals surface area contributed by atoms with Gasteiger partial charge in [0.25, 0.3) is 0 Å². The highest BCUT2D eigenvalue weighted by atomic mass is 15.1. The number of rotatable bonds is 3. The molecule has 1 saturated carbocycles. The van der Waals surface area contributed by atoms with Gasteiger partial charge in [-0.15, -0.1) is 0 Å². The Morgan fingerprint density at radius 2 is 2.25 bits per heavy atom. The topological polar surface area (TPSA) is 43.8 Å². The van der Waals surface area contributed by atoms with Crippen LogP contribution in [0.25, 0.3) is 0 Å². The fraction of sp³-hybridized carbons (Fsp3) is 0.769. The van der Waals surface area contributed by atoms with Crippen molar-refractivity contribution in [3.8, 4) is 0 Å². The van der Waals surface area contributed by atoms with Crippen LogP contribution in [0, 0.1) is 5.92 Å². The third-order valence-corrected chi connectivity index (χ3v) is 3.91. The Hall–Kier alpha value is -0.830. The van der Waals surface area contributed by atoms with Gasteiger partial charge in [0.15, 0.2) is 0 Å². The molecule has 1 aromatic rings. The zero-order chi connectivity index (χ0) is 11.5. The summed E-state index contributed by atoms with van der Waals surface area (Å²) in [6.45, 7) is 4.34. The van der Waals surface area contributed by atoms with Crippen molar-refractivity contribution < 1.29 is 0 Å². The summed E-state index contributed by atoms with van der Waals surface area (Å²) >= 11 is 0. The summed E-state index contributed by atoms with van der Waals surface area (Å²) in [5, 5.41) is 0. The number of aromatic nitrogens is 2. The van der Waals surface area contributed by atoms with Crippen molar-refractivity contribution >= 4 is 0 Å². The van der Waals surface area contributed by atoms with Gasteiger partial charge in [-0.3, -0.25) is 0 Å². The third kappa shape index (κ3) is 2.14. The molecule has 1 aliphatic carbocycles. The fourth-order valence-corrected chi connectivity index (χ4v) is 2.98. The van der Waals surface area contributed by atoms with Crippen LogP contribution in [0.5, 0.6) is 0 Å². The van der Waals surface area contributed by atoms with Crippen LogP contribution in [0.3, 0.4) is 0 Å². The second kappa shape index (κ2) is 5.00. The highest BCUT2D eigenvalue weighted by Crippen LogP contribution is 2.37. The fourth-order valence-electron chi connectivity index (χ4n) is 2.98. The minimum absolute atomic E-state index is 0.0851. The lowest BCUT2D eigenvalue weighted by Gasteiger charge is -2.33. The van der Waals surface area contributed by atoms with E-state index in [1.54, 1.807) is 0 Å². The molecule has 2 unspecified atom stereocenters. The van der Waals surface area contributed by atoms with Crippen LogP contribution < -0.4 is 5.73 Å². The first-order valence-corrected chi connectivity index (χ1v) is 6.51. The van der Waals surface area contributed by atoms with E-state index in [0.717, 1.165) is 5.92 Å². The first-order chi connectivity index (χ1) is 7.74. The monoisotopic (exact) mass is 221 g/mol. The average Bonchev–Trinajstić information content (AvgIpc) is 2.77. The van der Waals surface area contributed by atoms with Gasteiger partial charge in [-0.25, -0.2) is 4.98 Å². The van der Waals surface area contributed by atoms with Crippen LogP contribution in [0.2, 0.25) is 0 Å². The summed E-state index contributed by atoms with van der Waals surface area (Å²) < 4.78 is 2.33. The summed E-state index contributed by atoms with van der Waals surface area (Å²) in [5.41, 5.74) is 7.18. The van der Waals surface area contributed by atoms with Crippen LogP contribution >= 0.6 is 0 Å². The molecule has 0 saturated heterocycles. The van der Waals surface area contributed by atoms with Crippen molar-refractivity contribution in [3.05, 3.63) is 18.2 Å². The molecule has 1 aliphatic rings. The molecular weight excluding hydrogens is 198 g/mol. The summed E-state index contributed by atoms with van der Waals surface area (Å²) in [7, 11) is 0. The first-order valence-electron chi connectivity index (χ1n) is 6.51. The van der Waals surface area contributed by atoms with Crippen molar-refractivity contribution in [3.63, 3.8) is 0 Å². The van der Waals surface area contributed by atoms with Crippen molar-refractivity contribution in [1.82, 2.24) is 9.55 Å². The van der Waals surface area contributed by atoms with Crippen molar-refractivity contribution in [2.24, 2.45) is 11.7 Å². The molecule has 1 heterocycles. The number of nitrogens with zero attached hydrogens (tertiary/aromatic N) is 2. The van der Waals surface area contributed by atoms with Gasteiger partial charge in [0.1, 0.15) is 0 Å². The SMILES string of the molecule is CCC1CCCCC1n1cncc1[C@H](C)N. The van der Waals surface area contributed by atoms with E-state index in [-0.39, 0.29) is 6.04 Å². The zero-order valence-electron chi connectivity index (χ0n) is 10.4. The molecule has 0 spiro atoms. The van der Waals surface area contributed by atoms with E-state index in [0.29, 0.717) is 6.04 Å². The van der Waals surface area contributed by atoms with E-state index in [1.165, 1.54) is 37.8 Å². The summed E-state index contributed by atoms with van der Waals surface area (Å²) in [5.74, 6) is 0.806. The second-order valence-corrected chi connectivity index (χ2v) is 5.03. The van der Waals surface area contributed by atoms with Crippen molar-refractivity contribution in [2.75, 3.05) is 0 Å². The molecule has 0 bridgehead atoms. The number of nitrogens with two attached hydrogens (primary N) is 1. The van der Waals surface area contributed by atoms with E-state index >= 15 is 0 Å². The van der Waals surface area contributed by atoms with Crippen molar-refractivity contribution in [1.29, 1.82) is 0 Å². The highest BCUT2D eigenvalue weighted by Gasteiger charge is 2.26. The molecule has 3 nitrogen and oxygen atoms in total. The largest absolute Gasteiger partial charge is 0.330 e. The number of hydrogen-bond acceptors (Lipinski definition) is 2. The normalized spacial score (nSPS) is 27.9. The van der Waals surface area contributed by atoms with Gasteiger partial charge in [0.2, 0.25) is 0 Å². The molecule has 0 aromatic carbocycles. The van der Waals surface area contributed by atoms with E-state index in [4.69, 9.17) is 5.73 Å². The molecule has 0 radical (unpaired) electrons. The summed E-state index contributed by atoms with van der Waals surface area (Å²) in [6.07, 6.45) is 10.5. The maximum absolute atomic E-state index is 5.99. The highest BCUT2D eigenvalue weighted by molar-refractivity contribution is 5.06. The molecule has 0 amide bonds. The molecule has 1 aromatic heterocycles. The molecule has 3 atom stereocenters. The summed E-state index contributed by atoms with van der Waals surface area (Å²) in [4.78, 5) is 4.27. The lowest BCUT2D eigenvalue weighted by Crippen LogP contribution is -2.25. The average molecular weight is 221 g/mol. The molecule has 3 heteroatoms. The minimum atomic E-state index is 0.0851. The molecule has 2 N–H and O–H groups in total. The van der Waals surface area contributed by atoms with Crippen LogP contribution in [0.1, 0.15) is 63.7 Å². The van der Waals surface area contributed by atoms with Gasteiger partial charge < -0.3 is 10.3 Å². The Bertz CT molecular complexity index is 330. The molecule has 90 valence electrons. The number of imidazole rings is 1. The Labute approximate surface area is 98.1 Å². The number of hydrogen-bond donors (Lipinski definition) is 1. The smallest absolute Gasteiger partial charge is 0.0951 e. The summed E-state index contributed by atoms with van der Waals surface area (Å²) in [6, 6.07) is 0.712. The Kier molecular flexibility index (Phi) is 3.64. The van der Waals surface area contributed by atoms with E-state index in [1.807, 2.05) is 19.4 Å². The third-order valence-electron chi connectivity index (χ3n) is 3.91. The quantitative estimate of drug-likeness (QED) is 0.852. The minimum Gasteiger partial charge on any atom is -0.330 e. The Morgan fingerprint density at radius 1 is 1.50 bits per heavy atom. The van der Waals surface area contributed by atoms with E-state index in [9.17, 15) is 0 Å². The molecule has 0 aliphatic heterocycles. The van der Waals surface area contributed by atoms with Crippen LogP contribution in [-0.2, 0) is 0 Å². The van der Waals surface area contributed by atoms with Gasteiger partial charge >= 0.3 is 0 Å². The van der Waals surface area contributed by atoms with Crippen molar-refractivity contribution in [2.45, 2.75) is 58.0 Å².